The molecule has 3 rings (SSSR count). The van der Waals surface area contributed by atoms with Crippen molar-refractivity contribution in [2.75, 3.05) is 24.7 Å². The van der Waals surface area contributed by atoms with Gasteiger partial charge < -0.3 is 10.2 Å². The van der Waals surface area contributed by atoms with Crippen molar-refractivity contribution in [3.63, 3.8) is 0 Å². The Morgan fingerprint density at radius 1 is 1.04 bits per heavy atom. The number of nitrogens with one attached hydrogen (secondary N) is 1. The van der Waals surface area contributed by atoms with Gasteiger partial charge in [0.1, 0.15) is 0 Å². The number of carbonyl (C=O) groups is 2. The fourth-order valence-corrected chi connectivity index (χ4v) is 3.82. The second-order valence-corrected chi connectivity index (χ2v) is 8.75. The van der Waals surface area contributed by atoms with E-state index in [1.54, 1.807) is 31.2 Å². The van der Waals surface area contributed by atoms with Crippen LogP contribution >= 0.6 is 0 Å². The molecule has 1 saturated heterocycles. The Bertz CT molecular complexity index is 993. The minimum absolute atomic E-state index is 0.0276. The van der Waals surface area contributed by atoms with Crippen LogP contribution in [0.5, 0.6) is 0 Å². The van der Waals surface area contributed by atoms with E-state index in [0.717, 1.165) is 32.2 Å². The summed E-state index contributed by atoms with van der Waals surface area (Å²) in [5.74, 6) is -0.449. The summed E-state index contributed by atoms with van der Waals surface area (Å²) in [4.78, 5) is 27.2. The van der Waals surface area contributed by atoms with Gasteiger partial charge in [-0.1, -0.05) is 12.1 Å². The van der Waals surface area contributed by atoms with Crippen molar-refractivity contribution in [3.05, 3.63) is 59.2 Å². The molecule has 0 saturated carbocycles. The van der Waals surface area contributed by atoms with E-state index in [2.05, 4.69) is 5.32 Å². The van der Waals surface area contributed by atoms with Gasteiger partial charge in [-0.25, -0.2) is 8.42 Å². The van der Waals surface area contributed by atoms with Crippen LogP contribution in [0.25, 0.3) is 0 Å². The van der Waals surface area contributed by atoms with Crippen molar-refractivity contribution in [2.24, 2.45) is 0 Å². The quantitative estimate of drug-likeness (QED) is 0.876. The van der Waals surface area contributed by atoms with Gasteiger partial charge in [-0.15, -0.1) is 0 Å². The summed E-state index contributed by atoms with van der Waals surface area (Å²) in [6.45, 7) is 3.31. The molecule has 0 spiro atoms. The van der Waals surface area contributed by atoms with Crippen molar-refractivity contribution in [3.8, 4) is 0 Å². The maximum atomic E-state index is 12.7. The summed E-state index contributed by atoms with van der Waals surface area (Å²) in [5, 5.41) is 2.79. The molecular weight excluding hydrogens is 364 g/mol. The van der Waals surface area contributed by atoms with Crippen molar-refractivity contribution >= 4 is 27.3 Å². The summed E-state index contributed by atoms with van der Waals surface area (Å²) in [6, 6.07) is 11.1. The largest absolute Gasteiger partial charge is 0.339 e. The predicted octanol–water partition coefficient (Wildman–Crippen LogP) is 2.89. The maximum absolute atomic E-state index is 12.7. The molecule has 2 aromatic carbocycles. The number of sulfone groups is 1. The average molecular weight is 386 g/mol. The van der Waals surface area contributed by atoms with Gasteiger partial charge in [0.15, 0.2) is 9.84 Å². The Morgan fingerprint density at radius 2 is 1.70 bits per heavy atom. The van der Waals surface area contributed by atoms with Crippen LogP contribution in [-0.4, -0.2) is 44.5 Å². The highest BCUT2D eigenvalue weighted by Crippen LogP contribution is 2.23. The molecule has 1 aliphatic heterocycles. The molecule has 0 aromatic heterocycles. The Morgan fingerprint density at radius 3 is 2.37 bits per heavy atom. The minimum atomic E-state index is -3.40. The molecule has 0 bridgehead atoms. The van der Waals surface area contributed by atoms with Crippen molar-refractivity contribution in [1.82, 2.24) is 4.90 Å². The van der Waals surface area contributed by atoms with Crippen LogP contribution in [0.1, 0.15) is 39.1 Å². The van der Waals surface area contributed by atoms with Gasteiger partial charge in [0.05, 0.1) is 4.90 Å². The van der Waals surface area contributed by atoms with E-state index in [9.17, 15) is 18.0 Å². The SMILES string of the molecule is Cc1c(NC(=O)c2cccc(S(C)(=O)=O)c2)cccc1C(=O)N1CCCC1. The highest BCUT2D eigenvalue weighted by molar-refractivity contribution is 7.90. The molecule has 6 nitrogen and oxygen atoms in total. The Kier molecular flexibility index (Phi) is 5.32. The van der Waals surface area contributed by atoms with Gasteiger partial charge in [-0.3, -0.25) is 9.59 Å². The maximum Gasteiger partial charge on any atom is 0.255 e. The fourth-order valence-electron chi connectivity index (χ4n) is 3.16. The number of hydrogen-bond donors (Lipinski definition) is 1. The van der Waals surface area contributed by atoms with Crippen molar-refractivity contribution in [2.45, 2.75) is 24.7 Å². The summed E-state index contributed by atoms with van der Waals surface area (Å²) in [5.41, 5.74) is 2.05. The zero-order valence-corrected chi connectivity index (χ0v) is 16.2. The van der Waals surface area contributed by atoms with Crippen LogP contribution < -0.4 is 5.32 Å². The minimum Gasteiger partial charge on any atom is -0.339 e. The van der Waals surface area contributed by atoms with Gasteiger partial charge >= 0.3 is 0 Å². The van der Waals surface area contributed by atoms with E-state index in [4.69, 9.17) is 0 Å². The molecule has 27 heavy (non-hydrogen) atoms. The molecule has 0 aliphatic carbocycles. The topological polar surface area (TPSA) is 83.5 Å². The normalized spacial score (nSPS) is 14.2. The molecule has 1 N–H and O–H groups in total. The predicted molar refractivity (Wildman–Crippen MR) is 104 cm³/mol. The Labute approximate surface area is 159 Å². The molecule has 1 aliphatic rings. The molecule has 2 aromatic rings. The summed E-state index contributed by atoms with van der Waals surface area (Å²) in [6.07, 6.45) is 3.12. The highest BCUT2D eigenvalue weighted by Gasteiger charge is 2.22. The van der Waals surface area contributed by atoms with E-state index >= 15 is 0 Å². The second-order valence-electron chi connectivity index (χ2n) is 6.73. The third kappa shape index (κ3) is 4.19. The smallest absolute Gasteiger partial charge is 0.255 e. The highest BCUT2D eigenvalue weighted by atomic mass is 32.2. The van der Waals surface area contributed by atoms with E-state index in [1.807, 2.05) is 4.90 Å². The number of carbonyl (C=O) groups excluding carboxylic acids is 2. The first-order valence-electron chi connectivity index (χ1n) is 8.78. The third-order valence-corrected chi connectivity index (χ3v) is 5.84. The van der Waals surface area contributed by atoms with E-state index in [-0.39, 0.29) is 16.4 Å². The first kappa shape index (κ1) is 19.1. The molecule has 1 fully saturated rings. The van der Waals surface area contributed by atoms with Crippen LogP contribution in [0.4, 0.5) is 5.69 Å². The number of anilines is 1. The number of rotatable bonds is 4. The number of nitrogens with zero attached hydrogens (tertiary/aromatic N) is 1. The van der Waals surface area contributed by atoms with E-state index in [1.165, 1.54) is 18.2 Å². The second kappa shape index (κ2) is 7.52. The lowest BCUT2D eigenvalue weighted by Gasteiger charge is -2.18. The number of amides is 2. The van der Waals surface area contributed by atoms with Gasteiger partial charge in [-0.2, -0.15) is 0 Å². The molecule has 1 heterocycles. The van der Waals surface area contributed by atoms with Crippen LogP contribution in [0.15, 0.2) is 47.4 Å². The van der Waals surface area contributed by atoms with Crippen LogP contribution in [-0.2, 0) is 9.84 Å². The Hall–Kier alpha value is -2.67. The summed E-state index contributed by atoms with van der Waals surface area (Å²) < 4.78 is 23.4. The van der Waals surface area contributed by atoms with Gasteiger partial charge in [0.25, 0.3) is 11.8 Å². The van der Waals surface area contributed by atoms with Gasteiger partial charge in [-0.05, 0) is 55.7 Å². The zero-order valence-electron chi connectivity index (χ0n) is 15.4. The molecule has 0 radical (unpaired) electrons. The third-order valence-electron chi connectivity index (χ3n) is 4.73. The molecule has 7 heteroatoms. The zero-order chi connectivity index (χ0) is 19.6. The monoisotopic (exact) mass is 386 g/mol. The molecule has 0 atom stereocenters. The van der Waals surface area contributed by atoms with Crippen LogP contribution in [0.2, 0.25) is 0 Å². The first-order chi connectivity index (χ1) is 12.8. The molecule has 142 valence electrons. The molecule has 0 unspecified atom stereocenters. The van der Waals surface area contributed by atoms with Crippen molar-refractivity contribution in [1.29, 1.82) is 0 Å². The van der Waals surface area contributed by atoms with Crippen LogP contribution in [0.3, 0.4) is 0 Å². The standard InChI is InChI=1S/C20H22N2O4S/c1-14-17(20(24)22-11-3-4-12-22)9-6-10-18(14)21-19(23)15-7-5-8-16(13-15)27(2,25)26/h5-10,13H,3-4,11-12H2,1-2H3,(H,21,23). The first-order valence-corrected chi connectivity index (χ1v) is 10.7. The van der Waals surface area contributed by atoms with Crippen LogP contribution in [0, 0.1) is 6.92 Å². The summed E-state index contributed by atoms with van der Waals surface area (Å²) in [7, 11) is -3.40. The van der Waals surface area contributed by atoms with Crippen molar-refractivity contribution < 1.29 is 18.0 Å². The van der Waals surface area contributed by atoms with E-state index in [0.29, 0.717) is 16.8 Å². The fraction of sp³-hybridized carbons (Fsp3) is 0.300. The number of benzene rings is 2. The molecule has 2 amide bonds. The average Bonchev–Trinajstić information content (AvgIpc) is 3.17. The Balaban J connectivity index is 1.85. The number of hydrogen-bond acceptors (Lipinski definition) is 4. The summed E-state index contributed by atoms with van der Waals surface area (Å²) >= 11 is 0. The van der Waals surface area contributed by atoms with Gasteiger partial charge in [0.2, 0.25) is 0 Å². The molecular formula is C20H22N2O4S. The van der Waals surface area contributed by atoms with Gasteiger partial charge in [0, 0.05) is 36.2 Å². The number of likely N-dealkylation sites (tertiary alicyclic amines) is 1. The lowest BCUT2D eigenvalue weighted by molar-refractivity contribution is 0.0791. The lowest BCUT2D eigenvalue weighted by Crippen LogP contribution is -2.28. The van der Waals surface area contributed by atoms with E-state index < -0.39 is 15.7 Å². The lowest BCUT2D eigenvalue weighted by atomic mass is 10.0.